The minimum absolute atomic E-state index is 0.105. The number of thioether (sulfide) groups is 1. The minimum atomic E-state index is -3.35. The van der Waals surface area contributed by atoms with Crippen molar-refractivity contribution >= 4 is 44.6 Å². The predicted octanol–water partition coefficient (Wildman–Crippen LogP) is 4.27. The lowest BCUT2D eigenvalue weighted by molar-refractivity contribution is 0.102. The van der Waals surface area contributed by atoms with Gasteiger partial charge in [-0.2, -0.15) is 0 Å². The molecular formula is C20H21N3O4S3. The molecule has 0 bridgehead atoms. The standard InChI is InChI=1S/C20H21N3O4S3/c1-12-3-8-17-14(9-12)10-18(29-17)19-21-22-20(27-19)28-11-16(24)13-4-6-15(7-5-13)23-30(2,25)26/h4-7,10,12,23H,3,8-9,11H2,1-2H3/t12-/m0/s1. The number of nitrogens with zero attached hydrogens (tertiary/aromatic N) is 2. The van der Waals surface area contributed by atoms with Crippen molar-refractivity contribution in [2.45, 2.75) is 31.4 Å². The van der Waals surface area contributed by atoms with E-state index in [9.17, 15) is 13.2 Å². The summed E-state index contributed by atoms with van der Waals surface area (Å²) in [6.45, 7) is 2.27. The fraction of sp³-hybridized carbons (Fsp3) is 0.350. The fourth-order valence-electron chi connectivity index (χ4n) is 3.33. The number of carbonyl (C=O) groups excluding carboxylic acids is 1. The normalized spacial score (nSPS) is 16.3. The first-order valence-corrected chi connectivity index (χ1v) is 13.2. The first-order chi connectivity index (χ1) is 14.3. The van der Waals surface area contributed by atoms with Crippen molar-refractivity contribution in [3.05, 3.63) is 46.3 Å². The second-order valence-corrected chi connectivity index (χ2v) is 11.3. The van der Waals surface area contributed by atoms with Crippen LogP contribution in [0.3, 0.4) is 0 Å². The Labute approximate surface area is 183 Å². The van der Waals surface area contributed by atoms with Gasteiger partial charge in [0.1, 0.15) is 0 Å². The van der Waals surface area contributed by atoms with Crippen molar-refractivity contribution in [1.82, 2.24) is 10.2 Å². The van der Waals surface area contributed by atoms with Crippen molar-refractivity contribution in [1.29, 1.82) is 0 Å². The molecule has 2 aromatic heterocycles. The van der Waals surface area contributed by atoms with Crippen LogP contribution in [0, 0.1) is 5.92 Å². The van der Waals surface area contributed by atoms with Gasteiger partial charge in [-0.05, 0) is 61.1 Å². The number of rotatable bonds is 7. The molecule has 1 aliphatic rings. The zero-order valence-electron chi connectivity index (χ0n) is 16.5. The van der Waals surface area contributed by atoms with Gasteiger partial charge in [0.2, 0.25) is 10.0 Å². The number of hydrogen-bond donors (Lipinski definition) is 1. The Morgan fingerprint density at radius 3 is 2.80 bits per heavy atom. The maximum absolute atomic E-state index is 12.4. The van der Waals surface area contributed by atoms with Crippen LogP contribution < -0.4 is 4.72 Å². The van der Waals surface area contributed by atoms with Crippen LogP contribution in [0.1, 0.15) is 34.1 Å². The molecule has 7 nitrogen and oxygen atoms in total. The molecule has 0 aliphatic heterocycles. The molecule has 1 N–H and O–H groups in total. The summed E-state index contributed by atoms with van der Waals surface area (Å²) in [7, 11) is -3.35. The highest BCUT2D eigenvalue weighted by Crippen LogP contribution is 2.37. The number of thiophene rings is 1. The SMILES string of the molecule is C[C@H]1CCc2sc(-c3nnc(SCC(=O)c4ccc(NS(C)(=O)=O)cc4)o3)cc2C1. The molecule has 158 valence electrons. The summed E-state index contributed by atoms with van der Waals surface area (Å²) >= 11 is 2.90. The largest absolute Gasteiger partial charge is 0.410 e. The number of carbonyl (C=O) groups is 1. The highest BCUT2D eigenvalue weighted by Gasteiger charge is 2.21. The van der Waals surface area contributed by atoms with E-state index in [1.165, 1.54) is 28.6 Å². The maximum Gasteiger partial charge on any atom is 0.277 e. The molecule has 0 spiro atoms. The van der Waals surface area contributed by atoms with Crippen LogP contribution in [0.25, 0.3) is 10.8 Å². The van der Waals surface area contributed by atoms with Gasteiger partial charge in [-0.25, -0.2) is 8.42 Å². The van der Waals surface area contributed by atoms with Gasteiger partial charge in [0.05, 0.1) is 16.9 Å². The molecule has 1 atom stereocenters. The number of sulfonamides is 1. The number of anilines is 1. The van der Waals surface area contributed by atoms with Crippen LogP contribution in [0.2, 0.25) is 0 Å². The van der Waals surface area contributed by atoms with E-state index in [2.05, 4.69) is 27.9 Å². The van der Waals surface area contributed by atoms with E-state index in [0.29, 0.717) is 28.3 Å². The van der Waals surface area contributed by atoms with Crippen molar-refractivity contribution in [2.75, 3.05) is 16.7 Å². The molecule has 0 fully saturated rings. The van der Waals surface area contributed by atoms with Crippen molar-refractivity contribution in [3.63, 3.8) is 0 Å². The summed E-state index contributed by atoms with van der Waals surface area (Å²) < 4.78 is 30.6. The third kappa shape index (κ3) is 5.11. The molecule has 3 aromatic rings. The Balaban J connectivity index is 1.37. The third-order valence-corrected chi connectivity index (χ3v) is 7.43. The summed E-state index contributed by atoms with van der Waals surface area (Å²) in [6.07, 6.45) is 4.48. The molecule has 1 aromatic carbocycles. The quantitative estimate of drug-likeness (QED) is 0.412. The lowest BCUT2D eigenvalue weighted by Gasteiger charge is -2.16. The Bertz CT molecular complexity index is 1170. The molecule has 4 rings (SSSR count). The van der Waals surface area contributed by atoms with Crippen LogP contribution >= 0.6 is 23.1 Å². The summed E-state index contributed by atoms with van der Waals surface area (Å²) in [5.41, 5.74) is 2.28. The predicted molar refractivity (Wildman–Crippen MR) is 119 cm³/mol. The lowest BCUT2D eigenvalue weighted by Crippen LogP contribution is -2.10. The molecule has 0 unspecified atom stereocenters. The Kier molecular flexibility index (Phi) is 5.99. The Hall–Kier alpha value is -2.17. The van der Waals surface area contributed by atoms with E-state index >= 15 is 0 Å². The molecule has 0 saturated heterocycles. The lowest BCUT2D eigenvalue weighted by atomic mass is 9.90. The molecular weight excluding hydrogens is 442 g/mol. The van der Waals surface area contributed by atoms with Gasteiger partial charge >= 0.3 is 0 Å². The fourth-order valence-corrected chi connectivity index (χ4v) is 5.68. The van der Waals surface area contributed by atoms with Crippen LogP contribution in [0.15, 0.2) is 40.0 Å². The number of aromatic nitrogens is 2. The van der Waals surface area contributed by atoms with Gasteiger partial charge in [0, 0.05) is 16.1 Å². The Morgan fingerprint density at radius 1 is 1.30 bits per heavy atom. The third-order valence-electron chi connectivity index (χ3n) is 4.78. The van der Waals surface area contributed by atoms with Crippen LogP contribution in [-0.2, 0) is 22.9 Å². The van der Waals surface area contributed by atoms with Gasteiger partial charge in [-0.15, -0.1) is 21.5 Å². The average molecular weight is 464 g/mol. The second-order valence-electron chi connectivity index (χ2n) is 7.44. The van der Waals surface area contributed by atoms with E-state index < -0.39 is 10.0 Å². The monoisotopic (exact) mass is 463 g/mol. The number of ketones is 1. The first-order valence-electron chi connectivity index (χ1n) is 9.46. The van der Waals surface area contributed by atoms with E-state index in [-0.39, 0.29) is 11.5 Å². The minimum Gasteiger partial charge on any atom is -0.410 e. The van der Waals surface area contributed by atoms with Crippen molar-refractivity contribution in [2.24, 2.45) is 5.92 Å². The summed E-state index contributed by atoms with van der Waals surface area (Å²) in [4.78, 5) is 14.8. The highest BCUT2D eigenvalue weighted by atomic mass is 32.2. The van der Waals surface area contributed by atoms with Crippen molar-refractivity contribution < 1.29 is 17.6 Å². The number of fused-ring (bicyclic) bond motifs is 1. The molecule has 0 saturated carbocycles. The number of Topliss-reactive ketones (excluding diaryl/α,β-unsaturated/α-hetero) is 1. The summed E-state index contributed by atoms with van der Waals surface area (Å²) in [5, 5.41) is 8.55. The summed E-state index contributed by atoms with van der Waals surface area (Å²) in [6, 6.07) is 8.45. The molecule has 10 heteroatoms. The molecule has 1 aliphatic carbocycles. The molecule has 30 heavy (non-hydrogen) atoms. The highest BCUT2D eigenvalue weighted by molar-refractivity contribution is 7.99. The number of aryl methyl sites for hydroxylation is 1. The van der Waals surface area contributed by atoms with E-state index in [0.717, 1.165) is 24.0 Å². The van der Waals surface area contributed by atoms with E-state index in [1.54, 1.807) is 35.6 Å². The van der Waals surface area contributed by atoms with Crippen LogP contribution in [0.5, 0.6) is 0 Å². The molecule has 0 amide bonds. The molecule has 0 radical (unpaired) electrons. The van der Waals surface area contributed by atoms with Gasteiger partial charge in [0.15, 0.2) is 5.78 Å². The molecule has 2 heterocycles. The number of nitrogens with one attached hydrogen (secondary N) is 1. The van der Waals surface area contributed by atoms with Gasteiger partial charge < -0.3 is 4.42 Å². The second kappa shape index (κ2) is 8.52. The van der Waals surface area contributed by atoms with E-state index in [4.69, 9.17) is 4.42 Å². The maximum atomic E-state index is 12.4. The van der Waals surface area contributed by atoms with E-state index in [1.807, 2.05) is 0 Å². The zero-order valence-corrected chi connectivity index (χ0v) is 19.0. The van der Waals surface area contributed by atoms with Crippen LogP contribution in [0.4, 0.5) is 5.69 Å². The average Bonchev–Trinajstić information content (AvgIpc) is 3.31. The van der Waals surface area contributed by atoms with Gasteiger partial charge in [0.25, 0.3) is 11.1 Å². The zero-order chi connectivity index (χ0) is 21.3. The van der Waals surface area contributed by atoms with Gasteiger partial charge in [-0.1, -0.05) is 18.7 Å². The van der Waals surface area contributed by atoms with Crippen LogP contribution in [-0.4, -0.2) is 36.4 Å². The first kappa shape index (κ1) is 21.1. The number of hydrogen-bond acceptors (Lipinski definition) is 8. The smallest absolute Gasteiger partial charge is 0.277 e. The Morgan fingerprint density at radius 2 is 2.07 bits per heavy atom. The van der Waals surface area contributed by atoms with Crippen molar-refractivity contribution in [3.8, 4) is 10.8 Å². The summed E-state index contributed by atoms with van der Waals surface area (Å²) in [5.74, 6) is 1.24. The number of benzene rings is 1. The van der Waals surface area contributed by atoms with Gasteiger partial charge in [-0.3, -0.25) is 9.52 Å². The topological polar surface area (TPSA) is 102 Å².